The number of nitrogens with zero attached hydrogens (tertiary/aromatic N) is 3. The SMILES string of the molecule is CCCC(C)CN1CCC(c2cccc(S(C)(=O)=O)c2)CC1.CCCN1CC=C(c2cccc(S(C)=O)c2)CC1.CCC[N+]1([O-])CCC(c2cccc(S(C)(=O)=O)c2)CC1. The highest BCUT2D eigenvalue weighted by Crippen LogP contribution is 2.33. The Morgan fingerprint density at radius 3 is 1.80 bits per heavy atom. The second-order valence-electron chi connectivity index (χ2n) is 17.4. The summed E-state index contributed by atoms with van der Waals surface area (Å²) in [6.45, 7) is 17.6. The molecule has 0 saturated carbocycles. The Labute approximate surface area is 366 Å². The maximum absolute atomic E-state index is 12.4. The zero-order valence-corrected chi connectivity index (χ0v) is 39.9. The summed E-state index contributed by atoms with van der Waals surface area (Å²) in [5.74, 6) is 1.59. The fourth-order valence-electron chi connectivity index (χ4n) is 8.84. The average molecular weight is 884 g/mol. The standard InChI is InChI=1S/C18H29NO2S.C15H23NO3S.C15H21NOS/c1-4-6-15(2)14-19-11-9-16(10-12-19)17-7-5-8-18(13-17)22(3,20)21;1-3-9-16(17)10-7-13(8-11-16)14-5-4-6-15(12-14)20(2,18)19;1-3-9-16-10-7-13(8-11-16)14-5-4-6-15(12-14)18(2)17/h5,7-8,13,15-16H,4,6,9-12,14H2,1-3H3;4-6,12-13H,3,7-11H2,1-2H3;4-7,12H,3,8-11H2,1-2H3. The number of piperidine rings is 2. The topological polar surface area (TPSA) is 115 Å². The van der Waals surface area contributed by atoms with Crippen LogP contribution < -0.4 is 0 Å². The maximum Gasteiger partial charge on any atom is 0.175 e. The number of hydrogen-bond donors (Lipinski definition) is 0. The van der Waals surface area contributed by atoms with Crippen molar-refractivity contribution < 1.29 is 25.7 Å². The smallest absolute Gasteiger partial charge is 0.175 e. The molecule has 334 valence electrons. The number of benzene rings is 3. The van der Waals surface area contributed by atoms with Gasteiger partial charge in [-0.1, -0.05) is 76.6 Å². The van der Waals surface area contributed by atoms with Gasteiger partial charge in [0.15, 0.2) is 19.7 Å². The summed E-state index contributed by atoms with van der Waals surface area (Å²) in [7, 11) is -7.16. The molecule has 3 aromatic carbocycles. The summed E-state index contributed by atoms with van der Waals surface area (Å²) < 4.78 is 58.0. The minimum Gasteiger partial charge on any atom is -0.633 e. The van der Waals surface area contributed by atoms with Crippen molar-refractivity contribution in [3.8, 4) is 0 Å². The highest BCUT2D eigenvalue weighted by atomic mass is 32.2. The highest BCUT2D eigenvalue weighted by Gasteiger charge is 2.28. The van der Waals surface area contributed by atoms with Crippen LogP contribution in [0.4, 0.5) is 0 Å². The van der Waals surface area contributed by atoms with Crippen LogP contribution in [0.3, 0.4) is 0 Å². The molecule has 0 aromatic heterocycles. The van der Waals surface area contributed by atoms with Crippen molar-refractivity contribution in [2.24, 2.45) is 5.92 Å². The molecule has 0 radical (unpaired) electrons. The van der Waals surface area contributed by atoms with Crippen LogP contribution in [0.2, 0.25) is 0 Å². The molecule has 0 N–H and O–H groups in total. The molecule has 0 spiro atoms. The fourth-order valence-corrected chi connectivity index (χ4v) is 10.8. The minimum absolute atomic E-state index is 0.0846. The van der Waals surface area contributed by atoms with Gasteiger partial charge in [0.1, 0.15) is 0 Å². The van der Waals surface area contributed by atoms with E-state index in [2.05, 4.69) is 54.8 Å². The van der Waals surface area contributed by atoms with E-state index in [1.807, 2.05) is 37.3 Å². The van der Waals surface area contributed by atoms with Crippen molar-refractivity contribution in [1.82, 2.24) is 9.80 Å². The first kappa shape index (κ1) is 49.9. The molecular formula is C48H73N3O6S3. The first-order chi connectivity index (χ1) is 28.4. The lowest BCUT2D eigenvalue weighted by molar-refractivity contribution is -0.886. The van der Waals surface area contributed by atoms with Crippen molar-refractivity contribution >= 4 is 36.0 Å². The monoisotopic (exact) mass is 883 g/mol. The van der Waals surface area contributed by atoms with E-state index in [1.165, 1.54) is 61.6 Å². The number of quaternary nitrogens is 1. The van der Waals surface area contributed by atoms with E-state index in [0.717, 1.165) is 81.1 Å². The van der Waals surface area contributed by atoms with Gasteiger partial charge in [-0.15, -0.1) is 0 Å². The number of likely N-dealkylation sites (tertiary alicyclic amines) is 2. The Balaban J connectivity index is 0.000000199. The lowest BCUT2D eigenvalue weighted by atomic mass is 9.89. The molecule has 12 heteroatoms. The Morgan fingerprint density at radius 1 is 0.750 bits per heavy atom. The zero-order chi connectivity index (χ0) is 43.9. The van der Waals surface area contributed by atoms with E-state index >= 15 is 0 Å². The van der Waals surface area contributed by atoms with E-state index in [1.54, 1.807) is 30.5 Å². The molecule has 0 aliphatic carbocycles. The summed E-state index contributed by atoms with van der Waals surface area (Å²) in [5.41, 5.74) is 4.87. The molecule has 3 aliphatic heterocycles. The Kier molecular flexibility index (Phi) is 19.7. The van der Waals surface area contributed by atoms with E-state index in [9.17, 15) is 26.3 Å². The first-order valence-electron chi connectivity index (χ1n) is 22.2. The van der Waals surface area contributed by atoms with Crippen LogP contribution in [-0.2, 0) is 30.5 Å². The second-order valence-corrected chi connectivity index (χ2v) is 22.8. The van der Waals surface area contributed by atoms with Gasteiger partial charge >= 0.3 is 0 Å². The minimum atomic E-state index is -3.16. The van der Waals surface area contributed by atoms with Gasteiger partial charge in [0.2, 0.25) is 0 Å². The van der Waals surface area contributed by atoms with Crippen LogP contribution in [-0.4, -0.2) is 113 Å². The predicted molar refractivity (Wildman–Crippen MR) is 250 cm³/mol. The van der Waals surface area contributed by atoms with Gasteiger partial charge in [-0.05, 0) is 135 Å². The van der Waals surface area contributed by atoms with Crippen molar-refractivity contribution in [2.45, 2.75) is 112 Å². The van der Waals surface area contributed by atoms with Crippen LogP contribution in [0.1, 0.15) is 114 Å². The van der Waals surface area contributed by atoms with Crippen LogP contribution in [0.25, 0.3) is 5.57 Å². The van der Waals surface area contributed by atoms with Crippen molar-refractivity contribution in [1.29, 1.82) is 0 Å². The third-order valence-corrected chi connectivity index (χ3v) is 15.4. The molecule has 0 amide bonds. The molecule has 3 heterocycles. The van der Waals surface area contributed by atoms with Gasteiger partial charge in [-0.3, -0.25) is 9.11 Å². The lowest BCUT2D eigenvalue weighted by Gasteiger charge is -2.47. The molecule has 2 unspecified atom stereocenters. The summed E-state index contributed by atoms with van der Waals surface area (Å²) in [5, 5.41) is 12.4. The maximum atomic E-state index is 12.4. The van der Waals surface area contributed by atoms with Crippen molar-refractivity contribution in [3.05, 3.63) is 101 Å². The second kappa shape index (κ2) is 23.7. The molecule has 2 fully saturated rings. The average Bonchev–Trinajstić information content (AvgIpc) is 3.22. The number of hydrogen-bond acceptors (Lipinski definition) is 8. The molecule has 2 atom stereocenters. The third-order valence-electron chi connectivity index (χ3n) is 12.2. The molecule has 3 aliphatic rings. The van der Waals surface area contributed by atoms with E-state index in [0.29, 0.717) is 41.3 Å². The molecule has 2 saturated heterocycles. The van der Waals surface area contributed by atoms with Gasteiger partial charge in [0, 0.05) is 66.9 Å². The van der Waals surface area contributed by atoms with Gasteiger partial charge in [-0.2, -0.15) is 0 Å². The summed E-state index contributed by atoms with van der Waals surface area (Å²) in [4.78, 5) is 6.79. The Hall–Kier alpha value is -2.71. The fraction of sp³-hybridized carbons (Fsp3) is 0.583. The van der Waals surface area contributed by atoms with E-state index in [4.69, 9.17) is 0 Å². The molecule has 0 bridgehead atoms. The first-order valence-corrected chi connectivity index (χ1v) is 27.5. The quantitative estimate of drug-likeness (QED) is 0.116. The summed E-state index contributed by atoms with van der Waals surface area (Å²) in [6.07, 6.45) is 16.3. The lowest BCUT2D eigenvalue weighted by Crippen LogP contribution is -2.48. The molecule has 6 rings (SSSR count). The predicted octanol–water partition coefficient (Wildman–Crippen LogP) is 9.32. The number of sulfone groups is 2. The largest absolute Gasteiger partial charge is 0.633 e. The van der Waals surface area contributed by atoms with Crippen molar-refractivity contribution in [2.75, 3.05) is 77.7 Å². The van der Waals surface area contributed by atoms with Crippen LogP contribution >= 0.6 is 0 Å². The summed E-state index contributed by atoms with van der Waals surface area (Å²) in [6, 6.07) is 22.8. The van der Waals surface area contributed by atoms with Crippen LogP contribution in [0, 0.1) is 11.1 Å². The van der Waals surface area contributed by atoms with Gasteiger partial charge in [0.05, 0.1) is 29.4 Å². The van der Waals surface area contributed by atoms with Gasteiger partial charge in [-0.25, -0.2) is 16.8 Å². The van der Waals surface area contributed by atoms with E-state index < -0.39 is 30.5 Å². The third kappa shape index (κ3) is 15.9. The molecule has 60 heavy (non-hydrogen) atoms. The zero-order valence-electron chi connectivity index (χ0n) is 37.5. The normalized spacial score (nSPS) is 21.7. The van der Waals surface area contributed by atoms with Gasteiger partial charge in [0.25, 0.3) is 0 Å². The van der Waals surface area contributed by atoms with E-state index in [-0.39, 0.29) is 4.65 Å². The highest BCUT2D eigenvalue weighted by molar-refractivity contribution is 7.91. The molecule has 9 nitrogen and oxygen atoms in total. The Morgan fingerprint density at radius 2 is 1.32 bits per heavy atom. The summed E-state index contributed by atoms with van der Waals surface area (Å²) >= 11 is 0. The Bertz CT molecular complexity index is 2070. The van der Waals surface area contributed by atoms with Crippen LogP contribution in [0.5, 0.6) is 0 Å². The van der Waals surface area contributed by atoms with Crippen molar-refractivity contribution in [3.63, 3.8) is 0 Å². The molecular weight excluding hydrogens is 811 g/mol. The number of hydroxylamine groups is 3. The molecule has 3 aromatic rings. The van der Waals surface area contributed by atoms with Gasteiger partial charge < -0.3 is 14.8 Å². The number of rotatable bonds is 14. The van der Waals surface area contributed by atoms with Crippen LogP contribution in [0.15, 0.2) is 93.6 Å².